The van der Waals surface area contributed by atoms with Gasteiger partial charge in [0, 0.05) is 20.1 Å². The van der Waals surface area contributed by atoms with E-state index in [0.717, 1.165) is 24.3 Å². The molecule has 0 aromatic heterocycles. The largest absolute Gasteiger partial charge is 0.493 e. The van der Waals surface area contributed by atoms with Crippen LogP contribution in [-0.2, 0) is 11.2 Å². The van der Waals surface area contributed by atoms with Gasteiger partial charge in [0.05, 0.1) is 13.7 Å². The van der Waals surface area contributed by atoms with Crippen LogP contribution >= 0.6 is 0 Å². The number of methoxy groups -OCH3 is 2. The van der Waals surface area contributed by atoms with Crippen LogP contribution in [0.4, 0.5) is 0 Å². The van der Waals surface area contributed by atoms with E-state index >= 15 is 0 Å². The van der Waals surface area contributed by atoms with Gasteiger partial charge < -0.3 is 14.2 Å². The minimum Gasteiger partial charge on any atom is -0.493 e. The maximum Gasteiger partial charge on any atom is 0.161 e. The van der Waals surface area contributed by atoms with Crippen LogP contribution in [0.1, 0.15) is 46.6 Å². The Labute approximate surface area is 142 Å². The zero-order valence-electron chi connectivity index (χ0n) is 15.9. The zero-order chi connectivity index (χ0) is 17.5. The van der Waals surface area contributed by atoms with Crippen molar-refractivity contribution in [2.45, 2.75) is 47.5 Å². The van der Waals surface area contributed by atoms with Crippen molar-refractivity contribution in [1.29, 1.82) is 0 Å². The lowest BCUT2D eigenvalue weighted by atomic mass is 9.71. The van der Waals surface area contributed by atoms with E-state index in [1.807, 2.05) is 6.07 Å². The Morgan fingerprint density at radius 1 is 1.00 bits per heavy atom. The lowest BCUT2D eigenvalue weighted by Crippen LogP contribution is -2.27. The molecule has 0 saturated carbocycles. The summed E-state index contributed by atoms with van der Waals surface area (Å²) in [4.78, 5) is 0. The monoisotopic (exact) mass is 322 g/mol. The molecule has 23 heavy (non-hydrogen) atoms. The summed E-state index contributed by atoms with van der Waals surface area (Å²) < 4.78 is 16.4. The van der Waals surface area contributed by atoms with Crippen molar-refractivity contribution in [3.63, 3.8) is 0 Å². The van der Waals surface area contributed by atoms with Gasteiger partial charge in [-0.2, -0.15) is 0 Å². The Morgan fingerprint density at radius 2 is 1.70 bits per heavy atom. The molecule has 1 atom stereocenters. The Bertz CT molecular complexity index is 460. The molecule has 0 aliphatic carbocycles. The predicted octanol–water partition coefficient (Wildman–Crippen LogP) is 4.97. The van der Waals surface area contributed by atoms with Crippen LogP contribution in [-0.4, -0.2) is 27.4 Å². The topological polar surface area (TPSA) is 27.7 Å². The van der Waals surface area contributed by atoms with Crippen LogP contribution in [0.3, 0.4) is 0 Å². The fourth-order valence-corrected chi connectivity index (χ4v) is 3.14. The third-order valence-electron chi connectivity index (χ3n) is 4.35. The molecular weight excluding hydrogens is 288 g/mol. The summed E-state index contributed by atoms with van der Waals surface area (Å²) in [5, 5.41) is 0. The van der Waals surface area contributed by atoms with E-state index in [-0.39, 0.29) is 5.41 Å². The highest BCUT2D eigenvalue weighted by atomic mass is 16.5. The molecule has 0 spiro atoms. The van der Waals surface area contributed by atoms with Gasteiger partial charge in [-0.25, -0.2) is 0 Å². The van der Waals surface area contributed by atoms with Crippen molar-refractivity contribution in [3.8, 4) is 11.5 Å². The van der Waals surface area contributed by atoms with E-state index in [1.54, 1.807) is 14.2 Å². The fourth-order valence-electron chi connectivity index (χ4n) is 3.14. The first kappa shape index (κ1) is 19.8. The van der Waals surface area contributed by atoms with E-state index in [1.165, 1.54) is 5.56 Å². The van der Waals surface area contributed by atoms with Gasteiger partial charge >= 0.3 is 0 Å². The average molecular weight is 322 g/mol. The number of ether oxygens (including phenoxy) is 3. The molecule has 1 aromatic rings. The molecule has 0 N–H and O–H groups in total. The quantitative estimate of drug-likeness (QED) is 0.601. The minimum absolute atomic E-state index is 0.285. The van der Waals surface area contributed by atoms with Gasteiger partial charge in [-0.1, -0.05) is 40.7 Å². The van der Waals surface area contributed by atoms with Crippen molar-refractivity contribution in [3.05, 3.63) is 23.8 Å². The number of hydrogen-bond donors (Lipinski definition) is 0. The first-order chi connectivity index (χ1) is 10.8. The molecule has 0 unspecified atom stereocenters. The minimum atomic E-state index is 0.285. The van der Waals surface area contributed by atoms with Crippen LogP contribution in [0.2, 0.25) is 0 Å². The third-order valence-corrected chi connectivity index (χ3v) is 4.35. The van der Waals surface area contributed by atoms with Gasteiger partial charge in [0.2, 0.25) is 0 Å². The summed E-state index contributed by atoms with van der Waals surface area (Å²) in [5.41, 5.74) is 1.59. The van der Waals surface area contributed by atoms with Crippen molar-refractivity contribution in [1.82, 2.24) is 0 Å². The molecule has 0 bridgehead atoms. The van der Waals surface area contributed by atoms with Crippen molar-refractivity contribution in [2.75, 3.05) is 27.4 Å². The van der Waals surface area contributed by atoms with Crippen molar-refractivity contribution >= 4 is 0 Å². The second-order valence-electron chi connectivity index (χ2n) is 7.60. The summed E-state index contributed by atoms with van der Waals surface area (Å²) in [5.74, 6) is 2.89. The molecule has 132 valence electrons. The van der Waals surface area contributed by atoms with Gasteiger partial charge in [-0.3, -0.25) is 0 Å². The van der Waals surface area contributed by atoms with Crippen molar-refractivity contribution in [2.24, 2.45) is 17.3 Å². The van der Waals surface area contributed by atoms with Crippen molar-refractivity contribution < 1.29 is 14.2 Å². The Kier molecular flexibility index (Phi) is 7.90. The summed E-state index contributed by atoms with van der Waals surface area (Å²) >= 11 is 0. The number of hydrogen-bond acceptors (Lipinski definition) is 3. The smallest absolute Gasteiger partial charge is 0.161 e. The summed E-state index contributed by atoms with van der Waals surface area (Å²) in [6, 6.07) is 6.30. The highest BCUT2D eigenvalue weighted by molar-refractivity contribution is 5.43. The van der Waals surface area contributed by atoms with Gasteiger partial charge in [0.25, 0.3) is 0 Å². The van der Waals surface area contributed by atoms with E-state index in [4.69, 9.17) is 14.2 Å². The molecule has 0 aliphatic rings. The molecule has 1 aromatic carbocycles. The zero-order valence-corrected chi connectivity index (χ0v) is 15.9. The first-order valence-electron chi connectivity index (χ1n) is 8.58. The van der Waals surface area contributed by atoms with Gasteiger partial charge in [-0.15, -0.1) is 0 Å². The summed E-state index contributed by atoms with van der Waals surface area (Å²) in [7, 11) is 3.39. The van der Waals surface area contributed by atoms with E-state index < -0.39 is 0 Å². The first-order valence-corrected chi connectivity index (χ1v) is 8.58. The second-order valence-corrected chi connectivity index (χ2v) is 7.60. The Morgan fingerprint density at radius 3 is 2.22 bits per heavy atom. The lowest BCUT2D eigenvalue weighted by molar-refractivity contribution is 0.170. The summed E-state index contributed by atoms with van der Waals surface area (Å²) in [6.45, 7) is 12.9. The standard InChI is InChI=1S/C20H34O3/c1-15(2)17(20(3,4)5)13-16-9-10-18(22-7)19(14-16)23-12-8-11-21-6/h9-10,14-15,17H,8,11-13H2,1-7H3/t17-/m1/s1. The average Bonchev–Trinajstić information content (AvgIpc) is 2.48. The maximum absolute atomic E-state index is 5.89. The van der Waals surface area contributed by atoms with Gasteiger partial charge in [0.15, 0.2) is 11.5 Å². The number of rotatable bonds is 9. The van der Waals surface area contributed by atoms with Gasteiger partial charge in [-0.05, 0) is 41.4 Å². The molecule has 1 rings (SSSR count). The molecule has 0 heterocycles. The van der Waals surface area contributed by atoms with E-state index in [0.29, 0.717) is 25.0 Å². The van der Waals surface area contributed by atoms with E-state index in [2.05, 4.69) is 46.8 Å². The van der Waals surface area contributed by atoms with Crippen LogP contribution in [0, 0.1) is 17.3 Å². The fraction of sp³-hybridized carbons (Fsp3) is 0.700. The van der Waals surface area contributed by atoms with Crippen LogP contribution in [0.25, 0.3) is 0 Å². The molecule has 0 radical (unpaired) electrons. The molecule has 0 amide bonds. The maximum atomic E-state index is 5.89. The Hall–Kier alpha value is -1.22. The highest BCUT2D eigenvalue weighted by Gasteiger charge is 2.27. The highest BCUT2D eigenvalue weighted by Crippen LogP contribution is 2.36. The lowest BCUT2D eigenvalue weighted by Gasteiger charge is -2.34. The predicted molar refractivity (Wildman–Crippen MR) is 96.5 cm³/mol. The van der Waals surface area contributed by atoms with Crippen LogP contribution in [0.15, 0.2) is 18.2 Å². The van der Waals surface area contributed by atoms with Crippen LogP contribution < -0.4 is 9.47 Å². The Balaban J connectivity index is 2.87. The summed E-state index contributed by atoms with van der Waals surface area (Å²) in [6.07, 6.45) is 1.93. The number of benzene rings is 1. The molecule has 3 heteroatoms. The molecule has 3 nitrogen and oxygen atoms in total. The molecule has 0 fully saturated rings. The van der Waals surface area contributed by atoms with Gasteiger partial charge in [0.1, 0.15) is 0 Å². The molecular formula is C20H34O3. The normalized spacial score (nSPS) is 13.2. The second kappa shape index (κ2) is 9.17. The molecule has 0 saturated heterocycles. The SMILES string of the molecule is COCCCOc1cc(C[C@H](C(C)C)C(C)(C)C)ccc1OC. The van der Waals surface area contributed by atoms with Crippen LogP contribution in [0.5, 0.6) is 11.5 Å². The third kappa shape index (κ3) is 6.42. The molecule has 0 aliphatic heterocycles. The van der Waals surface area contributed by atoms with E-state index in [9.17, 15) is 0 Å².